The fourth-order valence-corrected chi connectivity index (χ4v) is 4.65. The van der Waals surface area contributed by atoms with Crippen molar-refractivity contribution < 1.29 is 14.3 Å². The Morgan fingerprint density at radius 2 is 1.86 bits per heavy atom. The van der Waals surface area contributed by atoms with Crippen LogP contribution in [0.2, 0.25) is 0 Å². The SMILES string of the molecule is CCN(CC)CCCOc1ccc(/C=C2\C(=O)C3(C)CCC2C(C)(C)O3)cc1. The Hall–Kier alpha value is -1.65. The van der Waals surface area contributed by atoms with Gasteiger partial charge in [-0.2, -0.15) is 0 Å². The normalized spacial score (nSPS) is 27.6. The molecule has 0 aromatic heterocycles. The molecular weight excluding hydrogens is 350 g/mol. The molecule has 28 heavy (non-hydrogen) atoms. The molecule has 0 radical (unpaired) electrons. The van der Waals surface area contributed by atoms with E-state index in [1.165, 1.54) is 0 Å². The van der Waals surface area contributed by atoms with Gasteiger partial charge in [0.15, 0.2) is 5.78 Å². The molecule has 4 heteroatoms. The van der Waals surface area contributed by atoms with Gasteiger partial charge in [0, 0.05) is 18.0 Å². The number of Topliss-reactive ketones (excluding diaryl/α,β-unsaturated/α-hetero) is 1. The van der Waals surface area contributed by atoms with Gasteiger partial charge in [-0.15, -0.1) is 0 Å². The number of carbonyl (C=O) groups is 1. The number of fused-ring (bicyclic) bond motifs is 3. The van der Waals surface area contributed by atoms with Crippen molar-refractivity contribution >= 4 is 11.9 Å². The zero-order valence-electron chi connectivity index (χ0n) is 18.1. The van der Waals surface area contributed by atoms with Crippen LogP contribution in [-0.2, 0) is 9.53 Å². The Morgan fingerprint density at radius 1 is 1.18 bits per heavy atom. The number of ether oxygens (including phenoxy) is 2. The van der Waals surface area contributed by atoms with Gasteiger partial charge in [-0.05, 0) is 76.9 Å². The van der Waals surface area contributed by atoms with Crippen LogP contribution in [0.3, 0.4) is 0 Å². The van der Waals surface area contributed by atoms with E-state index in [0.717, 1.165) is 62.4 Å². The molecule has 2 unspecified atom stereocenters. The molecule has 1 aromatic carbocycles. The molecule has 2 atom stereocenters. The van der Waals surface area contributed by atoms with Gasteiger partial charge in [0.1, 0.15) is 11.4 Å². The van der Waals surface area contributed by atoms with Crippen molar-refractivity contribution in [1.29, 1.82) is 0 Å². The molecule has 2 aliphatic heterocycles. The van der Waals surface area contributed by atoms with Crippen molar-refractivity contribution in [3.63, 3.8) is 0 Å². The highest BCUT2D eigenvalue weighted by Crippen LogP contribution is 2.50. The average molecular weight is 386 g/mol. The predicted molar refractivity (Wildman–Crippen MR) is 114 cm³/mol. The number of nitrogens with zero attached hydrogens (tertiary/aromatic N) is 1. The van der Waals surface area contributed by atoms with Crippen LogP contribution in [-0.4, -0.2) is 48.1 Å². The largest absolute Gasteiger partial charge is 0.494 e. The van der Waals surface area contributed by atoms with Gasteiger partial charge in [-0.3, -0.25) is 4.79 Å². The fraction of sp³-hybridized carbons (Fsp3) is 0.625. The summed E-state index contributed by atoms with van der Waals surface area (Å²) in [5.74, 6) is 1.20. The van der Waals surface area contributed by atoms with Gasteiger partial charge in [0.25, 0.3) is 0 Å². The van der Waals surface area contributed by atoms with Gasteiger partial charge in [0.05, 0.1) is 12.2 Å². The molecule has 0 spiro atoms. The quantitative estimate of drug-likeness (QED) is 0.479. The molecule has 2 saturated heterocycles. The number of benzene rings is 1. The third kappa shape index (κ3) is 4.33. The molecule has 2 heterocycles. The number of carbonyl (C=O) groups excluding carboxylic acids is 1. The number of ketones is 1. The Balaban J connectivity index is 1.63. The van der Waals surface area contributed by atoms with Gasteiger partial charge in [0.2, 0.25) is 0 Å². The van der Waals surface area contributed by atoms with Crippen LogP contribution in [0.5, 0.6) is 5.75 Å². The van der Waals surface area contributed by atoms with E-state index in [9.17, 15) is 4.79 Å². The van der Waals surface area contributed by atoms with Crippen LogP contribution < -0.4 is 4.74 Å². The Kier molecular flexibility index (Phi) is 6.31. The molecule has 0 N–H and O–H groups in total. The first-order chi connectivity index (χ1) is 13.3. The van der Waals surface area contributed by atoms with Gasteiger partial charge >= 0.3 is 0 Å². The van der Waals surface area contributed by atoms with Crippen molar-refractivity contribution in [3.05, 3.63) is 35.4 Å². The van der Waals surface area contributed by atoms with Gasteiger partial charge in [-0.25, -0.2) is 0 Å². The lowest BCUT2D eigenvalue weighted by atomic mass is 9.65. The van der Waals surface area contributed by atoms with E-state index in [1.54, 1.807) is 0 Å². The number of rotatable bonds is 8. The highest BCUT2D eigenvalue weighted by molar-refractivity contribution is 6.07. The topological polar surface area (TPSA) is 38.8 Å². The average Bonchev–Trinajstić information content (AvgIpc) is 2.66. The van der Waals surface area contributed by atoms with Crippen LogP contribution >= 0.6 is 0 Å². The summed E-state index contributed by atoms with van der Waals surface area (Å²) >= 11 is 0. The second-order valence-corrected chi connectivity index (χ2v) is 8.75. The van der Waals surface area contributed by atoms with Crippen LogP contribution in [0, 0.1) is 5.92 Å². The zero-order chi connectivity index (χ0) is 20.4. The minimum Gasteiger partial charge on any atom is -0.494 e. The third-order valence-corrected chi connectivity index (χ3v) is 6.34. The summed E-state index contributed by atoms with van der Waals surface area (Å²) in [6, 6.07) is 8.08. The first kappa shape index (κ1) is 21.1. The number of hydrogen-bond donors (Lipinski definition) is 0. The van der Waals surface area contributed by atoms with Crippen LogP contribution in [0.15, 0.2) is 29.8 Å². The number of hydrogen-bond acceptors (Lipinski definition) is 4. The predicted octanol–water partition coefficient (Wildman–Crippen LogP) is 4.73. The lowest BCUT2D eigenvalue weighted by molar-refractivity contribution is -0.206. The molecule has 2 bridgehead atoms. The molecule has 0 amide bonds. The van der Waals surface area contributed by atoms with Crippen molar-refractivity contribution in [1.82, 2.24) is 4.90 Å². The molecule has 1 saturated carbocycles. The summed E-state index contributed by atoms with van der Waals surface area (Å²) in [4.78, 5) is 15.3. The van der Waals surface area contributed by atoms with E-state index >= 15 is 0 Å². The molecule has 4 nitrogen and oxygen atoms in total. The van der Waals surface area contributed by atoms with E-state index in [1.807, 2.05) is 31.2 Å². The highest BCUT2D eigenvalue weighted by Gasteiger charge is 2.56. The molecule has 3 fully saturated rings. The summed E-state index contributed by atoms with van der Waals surface area (Å²) in [5, 5.41) is 0. The Morgan fingerprint density at radius 3 is 2.46 bits per heavy atom. The second-order valence-electron chi connectivity index (χ2n) is 8.75. The van der Waals surface area contributed by atoms with Crippen molar-refractivity contribution in [2.45, 2.75) is 65.1 Å². The lowest BCUT2D eigenvalue weighted by Gasteiger charge is -2.53. The first-order valence-electron chi connectivity index (χ1n) is 10.7. The van der Waals surface area contributed by atoms with E-state index in [-0.39, 0.29) is 17.3 Å². The van der Waals surface area contributed by atoms with Crippen molar-refractivity contribution in [3.8, 4) is 5.75 Å². The molecule has 1 aromatic rings. The third-order valence-electron chi connectivity index (χ3n) is 6.34. The monoisotopic (exact) mass is 385 g/mol. The fourth-order valence-electron chi connectivity index (χ4n) is 4.65. The minimum absolute atomic E-state index is 0.153. The highest BCUT2D eigenvalue weighted by atomic mass is 16.5. The summed E-state index contributed by atoms with van der Waals surface area (Å²) in [5.41, 5.74) is 1.00. The van der Waals surface area contributed by atoms with E-state index in [2.05, 4.69) is 38.7 Å². The van der Waals surface area contributed by atoms with E-state index in [4.69, 9.17) is 9.47 Å². The molecular formula is C24H35NO3. The maximum absolute atomic E-state index is 12.9. The zero-order valence-corrected chi connectivity index (χ0v) is 18.1. The molecule has 3 aliphatic rings. The molecule has 154 valence electrons. The summed E-state index contributed by atoms with van der Waals surface area (Å²) in [6.45, 7) is 14.5. The standard InChI is InChI=1S/C24H35NO3/c1-6-25(7-2)15-8-16-27-19-11-9-18(10-12-19)17-20-21-13-14-24(5,22(20)26)28-23(21,3)4/h9-12,17,21H,6-8,13-16H2,1-5H3/b20-17-. The van der Waals surface area contributed by atoms with Gasteiger partial charge < -0.3 is 14.4 Å². The van der Waals surface area contributed by atoms with Crippen molar-refractivity contribution in [2.24, 2.45) is 5.92 Å². The second kappa shape index (κ2) is 8.38. The smallest absolute Gasteiger partial charge is 0.190 e. The Labute approximate surface area is 169 Å². The van der Waals surface area contributed by atoms with Crippen molar-refractivity contribution in [2.75, 3.05) is 26.2 Å². The lowest BCUT2D eigenvalue weighted by Crippen LogP contribution is -2.60. The van der Waals surface area contributed by atoms with Gasteiger partial charge in [-0.1, -0.05) is 26.0 Å². The summed E-state index contributed by atoms with van der Waals surface area (Å²) in [7, 11) is 0. The maximum atomic E-state index is 12.9. The maximum Gasteiger partial charge on any atom is 0.190 e. The van der Waals surface area contributed by atoms with E-state index < -0.39 is 5.60 Å². The molecule has 4 rings (SSSR count). The summed E-state index contributed by atoms with van der Waals surface area (Å²) in [6.07, 6.45) is 4.91. The Bertz CT molecular complexity index is 718. The minimum atomic E-state index is -0.669. The molecule has 1 aliphatic carbocycles. The van der Waals surface area contributed by atoms with E-state index in [0.29, 0.717) is 0 Å². The summed E-state index contributed by atoms with van der Waals surface area (Å²) < 4.78 is 12.0. The van der Waals surface area contributed by atoms with Crippen LogP contribution in [0.25, 0.3) is 6.08 Å². The van der Waals surface area contributed by atoms with Crippen LogP contribution in [0.1, 0.15) is 59.4 Å². The van der Waals surface area contributed by atoms with Crippen LogP contribution in [0.4, 0.5) is 0 Å². The first-order valence-corrected chi connectivity index (χ1v) is 10.7.